The molecule has 4 heteroatoms. The van der Waals surface area contributed by atoms with Crippen LogP contribution in [0, 0.1) is 6.07 Å². The van der Waals surface area contributed by atoms with Crippen LogP contribution in [-0.2, 0) is 6.18 Å². The van der Waals surface area contributed by atoms with Gasteiger partial charge in [0.25, 0.3) is 0 Å². The fraction of sp³-hybridized carbons (Fsp3) is 0.0556. The topological polar surface area (TPSA) is 12.9 Å². The summed E-state index contributed by atoms with van der Waals surface area (Å²) in [6.07, 6.45) is -2.84. The Labute approximate surface area is 126 Å². The Kier molecular flexibility index (Phi) is 3.67. The van der Waals surface area contributed by atoms with Crippen LogP contribution >= 0.6 is 0 Å². The van der Waals surface area contributed by atoms with E-state index in [0.717, 1.165) is 17.7 Å². The van der Waals surface area contributed by atoms with Gasteiger partial charge in [0.15, 0.2) is 0 Å². The van der Waals surface area contributed by atoms with E-state index in [1.54, 1.807) is 12.1 Å². The molecule has 0 unspecified atom stereocenters. The van der Waals surface area contributed by atoms with E-state index in [1.165, 1.54) is 12.3 Å². The molecule has 0 fully saturated rings. The van der Waals surface area contributed by atoms with Crippen LogP contribution in [0.2, 0.25) is 0 Å². The van der Waals surface area contributed by atoms with Crippen LogP contribution in [0.15, 0.2) is 66.9 Å². The number of pyridine rings is 1. The highest BCUT2D eigenvalue weighted by Gasteiger charge is 2.30. The molecule has 0 saturated heterocycles. The van der Waals surface area contributed by atoms with Gasteiger partial charge in [-0.2, -0.15) is 13.2 Å². The molecule has 1 radical (unpaired) electrons. The maximum Gasteiger partial charge on any atom is 0.416 e. The summed E-state index contributed by atoms with van der Waals surface area (Å²) in [6.45, 7) is 0. The molecule has 0 saturated carbocycles. The summed E-state index contributed by atoms with van der Waals surface area (Å²) in [7, 11) is 0. The molecule has 1 nitrogen and oxygen atoms in total. The minimum atomic E-state index is -4.37. The summed E-state index contributed by atoms with van der Waals surface area (Å²) in [6, 6.07) is 19.3. The second kappa shape index (κ2) is 5.64. The molecule has 1 aromatic heterocycles. The van der Waals surface area contributed by atoms with Crippen molar-refractivity contribution in [2.75, 3.05) is 0 Å². The third kappa shape index (κ3) is 2.86. The van der Waals surface area contributed by atoms with E-state index in [2.05, 4.69) is 11.1 Å². The van der Waals surface area contributed by atoms with E-state index in [9.17, 15) is 13.2 Å². The zero-order chi connectivity index (χ0) is 15.6. The molecule has 0 atom stereocenters. The van der Waals surface area contributed by atoms with Crippen molar-refractivity contribution in [3.63, 3.8) is 0 Å². The first-order chi connectivity index (χ1) is 10.6. The molecular weight excluding hydrogens is 287 g/mol. The molecule has 109 valence electrons. The van der Waals surface area contributed by atoms with Crippen molar-refractivity contribution in [2.45, 2.75) is 6.18 Å². The predicted octanol–water partition coefficient (Wildman–Crippen LogP) is 5.23. The number of rotatable bonds is 2. The molecule has 0 aliphatic heterocycles. The minimum Gasteiger partial charge on any atom is -0.256 e. The van der Waals surface area contributed by atoms with Crippen LogP contribution in [0.25, 0.3) is 22.4 Å². The number of aromatic nitrogens is 1. The van der Waals surface area contributed by atoms with Crippen molar-refractivity contribution in [3.8, 4) is 22.4 Å². The molecule has 2 aromatic carbocycles. The first-order valence-electron chi connectivity index (χ1n) is 6.65. The molecule has 0 bridgehead atoms. The van der Waals surface area contributed by atoms with Gasteiger partial charge in [-0.3, -0.25) is 4.98 Å². The molecule has 3 aromatic rings. The fourth-order valence-corrected chi connectivity index (χ4v) is 2.25. The van der Waals surface area contributed by atoms with Gasteiger partial charge >= 0.3 is 6.18 Å². The van der Waals surface area contributed by atoms with Crippen LogP contribution in [0.5, 0.6) is 0 Å². The van der Waals surface area contributed by atoms with Gasteiger partial charge in [0.1, 0.15) is 0 Å². The maximum atomic E-state index is 12.9. The SMILES string of the molecule is FC(F)(F)c1cccc(-c2ncc[c]c2-c2ccccc2)c1. The lowest BCUT2D eigenvalue weighted by Gasteiger charge is -2.11. The van der Waals surface area contributed by atoms with Crippen molar-refractivity contribution >= 4 is 0 Å². The average molecular weight is 298 g/mol. The molecule has 3 rings (SSSR count). The molecular formula is C18H11F3N. The molecule has 0 spiro atoms. The molecule has 0 aliphatic carbocycles. The number of hydrogen-bond acceptors (Lipinski definition) is 1. The van der Waals surface area contributed by atoms with Gasteiger partial charge in [0, 0.05) is 17.3 Å². The van der Waals surface area contributed by atoms with E-state index in [-0.39, 0.29) is 0 Å². The van der Waals surface area contributed by atoms with Crippen molar-refractivity contribution in [2.24, 2.45) is 0 Å². The first-order valence-corrected chi connectivity index (χ1v) is 6.65. The van der Waals surface area contributed by atoms with Crippen molar-refractivity contribution < 1.29 is 13.2 Å². The molecule has 1 heterocycles. The van der Waals surface area contributed by atoms with E-state index in [4.69, 9.17) is 0 Å². The quantitative estimate of drug-likeness (QED) is 0.631. The summed E-state index contributed by atoms with van der Waals surface area (Å²) in [4.78, 5) is 4.25. The average Bonchev–Trinajstić information content (AvgIpc) is 2.55. The first kappa shape index (κ1) is 14.3. The smallest absolute Gasteiger partial charge is 0.256 e. The van der Waals surface area contributed by atoms with E-state index < -0.39 is 11.7 Å². The van der Waals surface area contributed by atoms with Crippen molar-refractivity contribution in [3.05, 3.63) is 78.5 Å². The fourth-order valence-electron chi connectivity index (χ4n) is 2.25. The van der Waals surface area contributed by atoms with Gasteiger partial charge in [0.2, 0.25) is 0 Å². The molecule has 0 amide bonds. The highest BCUT2D eigenvalue weighted by Crippen LogP contribution is 2.34. The Morgan fingerprint density at radius 3 is 2.32 bits per heavy atom. The third-order valence-corrected chi connectivity index (χ3v) is 3.27. The van der Waals surface area contributed by atoms with E-state index >= 15 is 0 Å². The Balaban J connectivity index is 2.14. The van der Waals surface area contributed by atoms with Crippen LogP contribution in [0.4, 0.5) is 13.2 Å². The largest absolute Gasteiger partial charge is 0.416 e. The zero-order valence-corrected chi connectivity index (χ0v) is 11.4. The Morgan fingerprint density at radius 2 is 1.59 bits per heavy atom. The van der Waals surface area contributed by atoms with Crippen LogP contribution < -0.4 is 0 Å². The monoisotopic (exact) mass is 298 g/mol. The van der Waals surface area contributed by atoms with Crippen molar-refractivity contribution in [1.82, 2.24) is 4.98 Å². The molecule has 0 N–H and O–H groups in total. The Bertz CT molecular complexity index is 780. The Hall–Kier alpha value is -2.62. The summed E-state index contributed by atoms with van der Waals surface area (Å²) >= 11 is 0. The van der Waals surface area contributed by atoms with Gasteiger partial charge in [-0.1, -0.05) is 42.5 Å². The lowest BCUT2D eigenvalue weighted by atomic mass is 9.98. The highest BCUT2D eigenvalue weighted by molar-refractivity contribution is 5.80. The number of benzene rings is 2. The van der Waals surface area contributed by atoms with Gasteiger partial charge in [-0.05, 0) is 29.8 Å². The number of alkyl halides is 3. The summed E-state index contributed by atoms with van der Waals surface area (Å²) in [5, 5.41) is 0. The lowest BCUT2D eigenvalue weighted by Crippen LogP contribution is -2.04. The van der Waals surface area contributed by atoms with Crippen LogP contribution in [-0.4, -0.2) is 4.98 Å². The number of nitrogens with zero attached hydrogens (tertiary/aromatic N) is 1. The minimum absolute atomic E-state index is 0.422. The van der Waals surface area contributed by atoms with Crippen LogP contribution in [0.3, 0.4) is 0 Å². The number of halogens is 3. The van der Waals surface area contributed by atoms with Gasteiger partial charge < -0.3 is 0 Å². The summed E-state index contributed by atoms with van der Waals surface area (Å²) < 4.78 is 38.6. The summed E-state index contributed by atoms with van der Waals surface area (Å²) in [5.74, 6) is 0. The molecule has 22 heavy (non-hydrogen) atoms. The second-order valence-electron chi connectivity index (χ2n) is 4.76. The van der Waals surface area contributed by atoms with Crippen molar-refractivity contribution in [1.29, 1.82) is 0 Å². The van der Waals surface area contributed by atoms with Gasteiger partial charge in [-0.15, -0.1) is 0 Å². The Morgan fingerprint density at radius 1 is 0.864 bits per heavy atom. The number of hydrogen-bond donors (Lipinski definition) is 0. The van der Waals surface area contributed by atoms with Gasteiger partial charge in [0.05, 0.1) is 11.3 Å². The van der Waals surface area contributed by atoms with E-state index in [1.807, 2.05) is 30.3 Å². The summed E-state index contributed by atoms with van der Waals surface area (Å²) in [5.41, 5.74) is 1.77. The third-order valence-electron chi connectivity index (χ3n) is 3.27. The lowest BCUT2D eigenvalue weighted by molar-refractivity contribution is -0.137. The van der Waals surface area contributed by atoms with Crippen LogP contribution in [0.1, 0.15) is 5.56 Å². The normalized spacial score (nSPS) is 11.4. The highest BCUT2D eigenvalue weighted by atomic mass is 19.4. The second-order valence-corrected chi connectivity index (χ2v) is 4.76. The molecule has 0 aliphatic rings. The van der Waals surface area contributed by atoms with E-state index in [0.29, 0.717) is 16.8 Å². The zero-order valence-electron chi connectivity index (χ0n) is 11.4. The standard InChI is InChI=1S/C18H11F3N/c19-18(20,21)15-9-4-8-14(12-15)17-16(10-5-11-22-17)13-6-2-1-3-7-13/h1-9,11-12H. The predicted molar refractivity (Wildman–Crippen MR) is 78.9 cm³/mol. The van der Waals surface area contributed by atoms with Gasteiger partial charge in [-0.25, -0.2) is 0 Å². The maximum absolute atomic E-state index is 12.9.